The van der Waals surface area contributed by atoms with Crippen molar-refractivity contribution in [1.82, 2.24) is 4.90 Å². The first-order valence-corrected chi connectivity index (χ1v) is 7.90. The monoisotopic (exact) mass is 303 g/mol. The molecule has 1 aliphatic heterocycles. The van der Waals surface area contributed by atoms with Gasteiger partial charge in [0, 0.05) is 19.5 Å². The van der Waals surface area contributed by atoms with Crippen LogP contribution in [0.15, 0.2) is 24.3 Å². The van der Waals surface area contributed by atoms with Crippen molar-refractivity contribution in [1.29, 1.82) is 0 Å². The second kappa shape index (κ2) is 6.95. The van der Waals surface area contributed by atoms with E-state index in [0.717, 1.165) is 24.7 Å². The molecule has 1 amide bonds. The van der Waals surface area contributed by atoms with Crippen molar-refractivity contribution in [3.05, 3.63) is 35.4 Å². The predicted molar refractivity (Wildman–Crippen MR) is 86.0 cm³/mol. The van der Waals surface area contributed by atoms with Gasteiger partial charge in [0.2, 0.25) is 0 Å². The molecule has 0 bridgehead atoms. The normalized spacial score (nSPS) is 16.4. The zero-order valence-electron chi connectivity index (χ0n) is 13.7. The molecule has 1 aliphatic rings. The molecule has 0 spiro atoms. The fourth-order valence-corrected chi connectivity index (χ4v) is 2.91. The number of benzene rings is 1. The first-order valence-electron chi connectivity index (χ1n) is 7.90. The van der Waals surface area contributed by atoms with Gasteiger partial charge in [0.15, 0.2) is 0 Å². The quantitative estimate of drug-likeness (QED) is 0.802. The lowest BCUT2D eigenvalue weighted by atomic mass is 9.86. The molecule has 0 saturated carbocycles. The highest BCUT2D eigenvalue weighted by molar-refractivity contribution is 5.68. The van der Waals surface area contributed by atoms with Gasteiger partial charge in [-0.05, 0) is 50.7 Å². The molecule has 0 unspecified atom stereocenters. The van der Waals surface area contributed by atoms with E-state index < -0.39 is 5.60 Å². The van der Waals surface area contributed by atoms with Crippen molar-refractivity contribution in [3.63, 3.8) is 0 Å². The number of aldehydes is 1. The van der Waals surface area contributed by atoms with Crippen LogP contribution in [0.25, 0.3) is 0 Å². The predicted octanol–water partition coefficient (Wildman–Crippen LogP) is 3.54. The number of likely N-dealkylation sites (tertiary alicyclic amines) is 1. The number of ether oxygens (including phenoxy) is 1. The third kappa shape index (κ3) is 4.33. The summed E-state index contributed by atoms with van der Waals surface area (Å²) in [5, 5.41) is 0. The van der Waals surface area contributed by atoms with E-state index in [1.165, 1.54) is 5.56 Å². The standard InChI is InChI=1S/C18H25NO3/c1-18(2,3)22-17(21)19-11-8-15(9-12-19)16-7-5-4-6-14(16)10-13-20/h4-7,13,15H,8-12H2,1-3H3. The van der Waals surface area contributed by atoms with E-state index in [1.54, 1.807) is 4.90 Å². The summed E-state index contributed by atoms with van der Waals surface area (Å²) in [6.07, 6.45) is 3.01. The van der Waals surface area contributed by atoms with Crippen molar-refractivity contribution in [2.45, 2.75) is 51.6 Å². The van der Waals surface area contributed by atoms with E-state index in [-0.39, 0.29) is 6.09 Å². The summed E-state index contributed by atoms with van der Waals surface area (Å²) in [5.41, 5.74) is 1.90. The molecule has 0 aromatic heterocycles. The molecule has 1 fully saturated rings. The summed E-state index contributed by atoms with van der Waals surface area (Å²) < 4.78 is 5.42. The second-order valence-corrected chi connectivity index (χ2v) is 6.81. The van der Waals surface area contributed by atoms with Crippen LogP contribution in [0.4, 0.5) is 4.79 Å². The molecule has 1 heterocycles. The Hall–Kier alpha value is -1.84. The molecular weight excluding hydrogens is 278 g/mol. The average Bonchev–Trinajstić information content (AvgIpc) is 2.47. The van der Waals surface area contributed by atoms with E-state index in [4.69, 9.17) is 4.74 Å². The fourth-order valence-electron chi connectivity index (χ4n) is 2.91. The molecule has 1 aromatic rings. The number of carbonyl (C=O) groups excluding carboxylic acids is 2. The van der Waals surface area contributed by atoms with Gasteiger partial charge in [-0.2, -0.15) is 0 Å². The fraction of sp³-hybridized carbons (Fsp3) is 0.556. The lowest BCUT2D eigenvalue weighted by Gasteiger charge is -2.34. The van der Waals surface area contributed by atoms with Gasteiger partial charge < -0.3 is 14.4 Å². The molecule has 2 rings (SSSR count). The highest BCUT2D eigenvalue weighted by Gasteiger charge is 2.28. The Morgan fingerprint density at radius 3 is 2.50 bits per heavy atom. The Labute approximate surface area is 132 Å². The molecule has 0 radical (unpaired) electrons. The molecule has 22 heavy (non-hydrogen) atoms. The molecule has 4 nitrogen and oxygen atoms in total. The number of carbonyl (C=O) groups is 2. The Balaban J connectivity index is 1.98. The van der Waals surface area contributed by atoms with Gasteiger partial charge in [-0.3, -0.25) is 0 Å². The maximum Gasteiger partial charge on any atom is 0.410 e. The SMILES string of the molecule is CC(C)(C)OC(=O)N1CCC(c2ccccc2CC=O)CC1. The third-order valence-electron chi connectivity index (χ3n) is 3.94. The Morgan fingerprint density at radius 1 is 1.27 bits per heavy atom. The third-order valence-corrected chi connectivity index (χ3v) is 3.94. The zero-order chi connectivity index (χ0) is 16.2. The van der Waals surface area contributed by atoms with Crippen LogP contribution in [-0.4, -0.2) is 36.0 Å². The van der Waals surface area contributed by atoms with Crippen LogP contribution in [0.5, 0.6) is 0 Å². The molecule has 0 aliphatic carbocycles. The van der Waals surface area contributed by atoms with E-state index in [1.807, 2.05) is 39.0 Å². The summed E-state index contributed by atoms with van der Waals surface area (Å²) in [7, 11) is 0. The number of nitrogens with zero attached hydrogens (tertiary/aromatic N) is 1. The summed E-state index contributed by atoms with van der Waals surface area (Å²) >= 11 is 0. The van der Waals surface area contributed by atoms with Gasteiger partial charge in [-0.25, -0.2) is 4.79 Å². The molecule has 0 atom stereocenters. The van der Waals surface area contributed by atoms with Crippen LogP contribution in [0.3, 0.4) is 0 Å². The minimum atomic E-state index is -0.454. The van der Waals surface area contributed by atoms with Crippen molar-refractivity contribution in [3.8, 4) is 0 Å². The summed E-state index contributed by atoms with van der Waals surface area (Å²) in [5.74, 6) is 0.412. The van der Waals surface area contributed by atoms with Gasteiger partial charge in [-0.1, -0.05) is 24.3 Å². The average molecular weight is 303 g/mol. The van der Waals surface area contributed by atoms with Crippen LogP contribution < -0.4 is 0 Å². The van der Waals surface area contributed by atoms with E-state index in [0.29, 0.717) is 25.4 Å². The minimum absolute atomic E-state index is 0.230. The number of amides is 1. The molecular formula is C18H25NO3. The van der Waals surface area contributed by atoms with Crippen molar-refractivity contribution < 1.29 is 14.3 Å². The topological polar surface area (TPSA) is 46.6 Å². The molecule has 0 N–H and O–H groups in total. The number of rotatable bonds is 3. The van der Waals surface area contributed by atoms with Gasteiger partial charge in [0.25, 0.3) is 0 Å². The van der Waals surface area contributed by atoms with Crippen molar-refractivity contribution in [2.24, 2.45) is 0 Å². The highest BCUT2D eigenvalue weighted by Crippen LogP contribution is 2.31. The van der Waals surface area contributed by atoms with E-state index in [2.05, 4.69) is 6.07 Å². The second-order valence-electron chi connectivity index (χ2n) is 6.81. The summed E-state index contributed by atoms with van der Waals surface area (Å²) in [6.45, 7) is 7.05. The van der Waals surface area contributed by atoms with Crippen LogP contribution in [0, 0.1) is 0 Å². The first kappa shape index (κ1) is 16.5. The molecule has 4 heteroatoms. The summed E-state index contributed by atoms with van der Waals surface area (Å²) in [6, 6.07) is 8.11. The summed E-state index contributed by atoms with van der Waals surface area (Å²) in [4.78, 5) is 24.7. The number of hydrogen-bond donors (Lipinski definition) is 0. The van der Waals surface area contributed by atoms with E-state index >= 15 is 0 Å². The Morgan fingerprint density at radius 2 is 1.91 bits per heavy atom. The maximum atomic E-state index is 12.1. The van der Waals surface area contributed by atoms with Crippen LogP contribution in [0.1, 0.15) is 50.7 Å². The van der Waals surface area contributed by atoms with Gasteiger partial charge in [0.05, 0.1) is 0 Å². The van der Waals surface area contributed by atoms with Crippen molar-refractivity contribution in [2.75, 3.05) is 13.1 Å². The van der Waals surface area contributed by atoms with Gasteiger partial charge in [-0.15, -0.1) is 0 Å². The van der Waals surface area contributed by atoms with Crippen molar-refractivity contribution >= 4 is 12.4 Å². The largest absolute Gasteiger partial charge is 0.444 e. The van der Waals surface area contributed by atoms with E-state index in [9.17, 15) is 9.59 Å². The molecule has 1 aromatic carbocycles. The lowest BCUT2D eigenvalue weighted by molar-refractivity contribution is -0.107. The smallest absolute Gasteiger partial charge is 0.410 e. The van der Waals surface area contributed by atoms with Crippen LogP contribution in [0.2, 0.25) is 0 Å². The zero-order valence-corrected chi connectivity index (χ0v) is 13.7. The number of piperidine rings is 1. The first-order chi connectivity index (χ1) is 10.4. The minimum Gasteiger partial charge on any atom is -0.444 e. The van der Waals surface area contributed by atoms with Crippen LogP contribution >= 0.6 is 0 Å². The lowest BCUT2D eigenvalue weighted by Crippen LogP contribution is -2.41. The van der Waals surface area contributed by atoms with Gasteiger partial charge >= 0.3 is 6.09 Å². The van der Waals surface area contributed by atoms with Gasteiger partial charge in [0.1, 0.15) is 11.9 Å². The Kier molecular flexibility index (Phi) is 5.22. The molecule has 1 saturated heterocycles. The molecule has 120 valence electrons. The Bertz CT molecular complexity index is 525. The number of hydrogen-bond acceptors (Lipinski definition) is 3. The maximum absolute atomic E-state index is 12.1. The van der Waals surface area contributed by atoms with Crippen LogP contribution in [-0.2, 0) is 16.0 Å². The highest BCUT2D eigenvalue weighted by atomic mass is 16.6.